The normalized spacial score (nSPS) is 14.0. The van der Waals surface area contributed by atoms with Gasteiger partial charge >= 0.3 is 0 Å². The zero-order chi connectivity index (χ0) is 9.56. The Bertz CT molecular complexity index is 201. The highest BCUT2D eigenvalue weighted by atomic mass is 14.1. The van der Waals surface area contributed by atoms with Crippen molar-refractivity contribution in [3.05, 3.63) is 11.6 Å². The van der Waals surface area contributed by atoms with Crippen LogP contribution in [0.3, 0.4) is 0 Å². The predicted octanol–water partition coefficient (Wildman–Crippen LogP) is 2.42. The van der Waals surface area contributed by atoms with Crippen molar-refractivity contribution in [3.8, 4) is 11.8 Å². The molecule has 0 bridgehead atoms. The molecule has 1 heteroatoms. The van der Waals surface area contributed by atoms with Crippen molar-refractivity contribution in [2.75, 3.05) is 0 Å². The predicted molar refractivity (Wildman–Crippen MR) is 59.0 cm³/mol. The van der Waals surface area contributed by atoms with E-state index in [-0.39, 0.29) is 0 Å². The van der Waals surface area contributed by atoms with Crippen LogP contribution in [0.4, 0.5) is 0 Å². The third-order valence-corrected chi connectivity index (χ3v) is 2.03. The van der Waals surface area contributed by atoms with Crippen LogP contribution in [0, 0.1) is 17.8 Å². The fourth-order valence-electron chi connectivity index (χ4n) is 1.38. The second-order valence-electron chi connectivity index (χ2n) is 3.50. The molecule has 0 heterocycles. The van der Waals surface area contributed by atoms with Gasteiger partial charge in [-0.25, -0.2) is 0 Å². The first-order valence-corrected chi connectivity index (χ1v) is 4.69. The third-order valence-electron chi connectivity index (χ3n) is 2.03. The Labute approximate surface area is 77.9 Å². The van der Waals surface area contributed by atoms with Gasteiger partial charge in [0.05, 0.1) is 0 Å². The maximum Gasteiger partial charge on any atom is 0.121 e. The van der Waals surface area contributed by atoms with Gasteiger partial charge in [-0.1, -0.05) is 18.6 Å². The van der Waals surface area contributed by atoms with E-state index in [4.69, 9.17) is 0 Å². The fraction of sp³-hybridized carbons (Fsp3) is 0.636. The Hall–Kier alpha value is -0.635. The van der Waals surface area contributed by atoms with Crippen LogP contribution in [0.5, 0.6) is 0 Å². The first kappa shape index (κ1) is 11.4. The van der Waals surface area contributed by atoms with Gasteiger partial charge in [-0.3, -0.25) is 0 Å². The van der Waals surface area contributed by atoms with Crippen molar-refractivity contribution in [1.29, 1.82) is 0 Å². The van der Waals surface area contributed by atoms with Gasteiger partial charge in [0.1, 0.15) is 7.85 Å². The highest BCUT2D eigenvalue weighted by Crippen LogP contribution is 2.20. The molecule has 0 aliphatic rings. The van der Waals surface area contributed by atoms with Gasteiger partial charge < -0.3 is 0 Å². The van der Waals surface area contributed by atoms with E-state index < -0.39 is 0 Å². The van der Waals surface area contributed by atoms with Gasteiger partial charge in [0.2, 0.25) is 0 Å². The molecule has 2 atom stereocenters. The number of hydrogen-bond donors (Lipinski definition) is 0. The topological polar surface area (TPSA) is 0 Å². The molecule has 0 aliphatic heterocycles. The maximum atomic E-state index is 3.21. The van der Waals surface area contributed by atoms with Gasteiger partial charge in [-0.15, -0.1) is 11.8 Å². The van der Waals surface area contributed by atoms with Crippen LogP contribution >= 0.6 is 0 Å². The first-order valence-electron chi connectivity index (χ1n) is 4.69. The van der Waals surface area contributed by atoms with Crippen molar-refractivity contribution in [2.24, 2.45) is 5.92 Å². The van der Waals surface area contributed by atoms with E-state index in [0.717, 1.165) is 0 Å². The Morgan fingerprint density at radius 3 is 2.42 bits per heavy atom. The van der Waals surface area contributed by atoms with Crippen LogP contribution in [0.2, 0.25) is 5.82 Å². The molecule has 0 saturated heterocycles. The largest absolute Gasteiger partial charge is 0.121 e. The van der Waals surface area contributed by atoms with E-state index in [1.807, 2.05) is 6.92 Å². The summed E-state index contributed by atoms with van der Waals surface area (Å²) in [7, 11) is 2.20. The Balaban J connectivity index is 4.31. The van der Waals surface area contributed by atoms with Crippen LogP contribution in [0.1, 0.15) is 34.1 Å². The second-order valence-corrected chi connectivity index (χ2v) is 3.50. The second kappa shape index (κ2) is 5.95. The Kier molecular flexibility index (Phi) is 5.63. The standard InChI is InChI=1S/C11H19B/c1-5-7-11(12)10(6-2)8-9(3)4/h8,10-11H,6,12H2,1-4H3. The van der Waals surface area contributed by atoms with Crippen molar-refractivity contribution < 1.29 is 0 Å². The van der Waals surface area contributed by atoms with E-state index in [1.165, 1.54) is 12.0 Å². The van der Waals surface area contributed by atoms with Crippen LogP contribution in [0.15, 0.2) is 11.6 Å². The number of rotatable bonds is 3. The van der Waals surface area contributed by atoms with E-state index >= 15 is 0 Å². The van der Waals surface area contributed by atoms with Crippen molar-refractivity contribution >= 4 is 7.85 Å². The van der Waals surface area contributed by atoms with Gasteiger partial charge in [-0.2, -0.15) is 0 Å². The number of allylic oxidation sites excluding steroid dienone is 2. The minimum absolute atomic E-state index is 0.495. The van der Waals surface area contributed by atoms with E-state index in [1.54, 1.807) is 0 Å². The maximum absolute atomic E-state index is 3.21. The van der Waals surface area contributed by atoms with Crippen molar-refractivity contribution in [3.63, 3.8) is 0 Å². The van der Waals surface area contributed by atoms with Gasteiger partial charge in [-0.05, 0) is 38.9 Å². The highest BCUT2D eigenvalue weighted by Gasteiger charge is 2.09. The molecule has 0 aromatic heterocycles. The van der Waals surface area contributed by atoms with Crippen LogP contribution in [0.25, 0.3) is 0 Å². The van der Waals surface area contributed by atoms with Crippen LogP contribution in [-0.2, 0) is 0 Å². The summed E-state index contributed by atoms with van der Waals surface area (Å²) in [6.45, 7) is 8.42. The number of hydrogen-bond acceptors (Lipinski definition) is 0. The quantitative estimate of drug-likeness (QED) is 0.339. The minimum atomic E-state index is 0.495. The Morgan fingerprint density at radius 1 is 1.50 bits per heavy atom. The van der Waals surface area contributed by atoms with E-state index in [9.17, 15) is 0 Å². The summed E-state index contributed by atoms with van der Waals surface area (Å²) in [6.07, 6.45) is 3.51. The van der Waals surface area contributed by atoms with Gasteiger partial charge in [0.15, 0.2) is 0 Å². The molecule has 12 heavy (non-hydrogen) atoms. The molecule has 0 aliphatic carbocycles. The molecular weight excluding hydrogens is 143 g/mol. The van der Waals surface area contributed by atoms with E-state index in [2.05, 4.69) is 46.5 Å². The molecule has 0 aromatic carbocycles. The molecule has 0 saturated carbocycles. The van der Waals surface area contributed by atoms with Gasteiger partial charge in [0, 0.05) is 0 Å². The fourth-order valence-corrected chi connectivity index (χ4v) is 1.38. The molecule has 66 valence electrons. The smallest absolute Gasteiger partial charge is 0.109 e. The zero-order valence-electron chi connectivity index (χ0n) is 8.94. The molecule has 0 rings (SSSR count). The average molecular weight is 162 g/mol. The Morgan fingerprint density at radius 2 is 2.08 bits per heavy atom. The summed E-state index contributed by atoms with van der Waals surface area (Å²) in [4.78, 5) is 0. The summed E-state index contributed by atoms with van der Waals surface area (Å²) in [6, 6.07) is 0. The van der Waals surface area contributed by atoms with Crippen LogP contribution < -0.4 is 0 Å². The summed E-state index contributed by atoms with van der Waals surface area (Å²) in [5.41, 5.74) is 1.40. The molecule has 2 unspecified atom stereocenters. The van der Waals surface area contributed by atoms with Crippen molar-refractivity contribution in [1.82, 2.24) is 0 Å². The summed E-state index contributed by atoms with van der Waals surface area (Å²) >= 11 is 0. The minimum Gasteiger partial charge on any atom is -0.109 e. The SMILES string of the molecule is BC(C#CC)C(C=C(C)C)CC. The zero-order valence-corrected chi connectivity index (χ0v) is 8.94. The highest BCUT2D eigenvalue weighted by molar-refractivity contribution is 6.14. The summed E-state index contributed by atoms with van der Waals surface area (Å²) < 4.78 is 0. The molecule has 0 radical (unpaired) electrons. The lowest BCUT2D eigenvalue weighted by molar-refractivity contribution is 0.642. The average Bonchev–Trinajstić information content (AvgIpc) is 2.00. The van der Waals surface area contributed by atoms with Gasteiger partial charge in [0.25, 0.3) is 0 Å². The molecule has 0 spiro atoms. The lowest BCUT2D eigenvalue weighted by atomic mass is 9.75. The lowest BCUT2D eigenvalue weighted by Gasteiger charge is -2.14. The molecular formula is C11H19B. The first-order chi connectivity index (χ1) is 5.61. The molecule has 0 nitrogen and oxygen atoms in total. The third kappa shape index (κ3) is 4.29. The molecule has 0 amide bonds. The van der Waals surface area contributed by atoms with Crippen molar-refractivity contribution in [2.45, 2.75) is 39.9 Å². The molecule has 0 fully saturated rings. The molecule has 0 N–H and O–H groups in total. The lowest BCUT2D eigenvalue weighted by Crippen LogP contribution is -2.04. The molecule has 0 aromatic rings. The van der Waals surface area contributed by atoms with E-state index in [0.29, 0.717) is 11.7 Å². The van der Waals surface area contributed by atoms with Crippen LogP contribution in [-0.4, -0.2) is 7.85 Å². The summed E-state index contributed by atoms with van der Waals surface area (Å²) in [5.74, 6) is 7.31. The monoisotopic (exact) mass is 162 g/mol. The summed E-state index contributed by atoms with van der Waals surface area (Å²) in [5, 5.41) is 0.